The van der Waals surface area contributed by atoms with E-state index in [1.807, 2.05) is 0 Å². The maximum Gasteiger partial charge on any atom is 0.187 e. The molecule has 5 N–H and O–H groups in total. The second-order valence-corrected chi connectivity index (χ2v) is 16.0. The second-order valence-electron chi connectivity index (χ2n) is 16.0. The maximum atomic E-state index is 13.5. The van der Waals surface area contributed by atoms with Gasteiger partial charge >= 0.3 is 0 Å². The van der Waals surface area contributed by atoms with Crippen LogP contribution in [-0.4, -0.2) is 104 Å². The van der Waals surface area contributed by atoms with Gasteiger partial charge in [-0.25, -0.2) is 0 Å². The highest BCUT2D eigenvalue weighted by molar-refractivity contribution is 5.83. The Hall–Kier alpha value is -0.650. The van der Waals surface area contributed by atoms with Crippen molar-refractivity contribution in [3.63, 3.8) is 0 Å². The molecule has 7 fully saturated rings. The second kappa shape index (κ2) is 10.7. The molecular formula is C33H53NO8. The minimum atomic E-state index is -1.46. The van der Waals surface area contributed by atoms with Crippen LogP contribution in [0.2, 0.25) is 0 Å². The van der Waals surface area contributed by atoms with E-state index in [9.17, 15) is 30.3 Å². The molecule has 0 aromatic carbocycles. The van der Waals surface area contributed by atoms with Crippen LogP contribution in [0.3, 0.4) is 0 Å². The molecular weight excluding hydrogens is 538 g/mol. The van der Waals surface area contributed by atoms with Gasteiger partial charge in [-0.15, -0.1) is 0 Å². The number of ketones is 1. The molecule has 4 aliphatic carbocycles. The number of nitrogens with zero attached hydrogens (tertiary/aromatic N) is 1. The van der Waals surface area contributed by atoms with Crippen molar-refractivity contribution < 1.29 is 39.8 Å². The molecule has 3 heterocycles. The standard InChI is InChI=1S/C33H53NO8/c1-16-4-7-27-33(3,42-31-30(40)29(39)28(38)26(15-35)41-31)22-6-5-18-19(21(22)14-34(27)13-16)11-23-20(18)12-25(37)24-10-17(36)8-9-32(23,24)2/h16-24,26-31,35-36,38-40H,4-15H2,1-3H3. The van der Waals surface area contributed by atoms with Crippen LogP contribution in [0, 0.1) is 52.8 Å². The molecule has 0 bridgehead atoms. The van der Waals surface area contributed by atoms with Gasteiger partial charge in [-0.1, -0.05) is 13.8 Å². The average molecular weight is 592 g/mol. The number of Topliss-reactive ketones (excluding diaryl/α,β-unsaturated/α-hetero) is 1. The van der Waals surface area contributed by atoms with Gasteiger partial charge < -0.3 is 35.0 Å². The number of hydrogen-bond donors (Lipinski definition) is 5. The van der Waals surface area contributed by atoms with E-state index in [1.54, 1.807) is 0 Å². The highest BCUT2D eigenvalue weighted by Crippen LogP contribution is 2.67. The zero-order valence-electron chi connectivity index (χ0n) is 25.6. The summed E-state index contributed by atoms with van der Waals surface area (Å²) in [6, 6.07) is 0.158. The van der Waals surface area contributed by atoms with Crippen molar-refractivity contribution >= 4 is 5.78 Å². The zero-order chi connectivity index (χ0) is 29.7. The Morgan fingerprint density at radius 1 is 0.881 bits per heavy atom. The van der Waals surface area contributed by atoms with Gasteiger partial charge in [0.25, 0.3) is 0 Å². The Morgan fingerprint density at radius 3 is 2.43 bits per heavy atom. The van der Waals surface area contributed by atoms with Crippen molar-refractivity contribution in [2.75, 3.05) is 19.7 Å². The quantitative estimate of drug-likeness (QED) is 0.332. The number of carbonyl (C=O) groups is 1. The number of hydrogen-bond acceptors (Lipinski definition) is 9. The SMILES string of the molecule is CC1CCC2N(C1)CC1C3CC4C(CC(=O)C5CC(O)CCC54C)C3CCC1C2(C)OC1OC(CO)C(O)C(O)C1O. The fourth-order valence-electron chi connectivity index (χ4n) is 11.9. The van der Waals surface area contributed by atoms with E-state index in [1.165, 1.54) is 0 Å². The predicted octanol–water partition coefficient (Wildman–Crippen LogP) is 1.71. The first-order chi connectivity index (χ1) is 20.0. The number of aliphatic hydroxyl groups is 5. The summed E-state index contributed by atoms with van der Waals surface area (Å²) in [6.07, 6.45) is 1.56. The molecule has 0 radical (unpaired) electrons. The van der Waals surface area contributed by atoms with E-state index in [2.05, 4.69) is 25.7 Å². The number of rotatable bonds is 3. The van der Waals surface area contributed by atoms with E-state index in [0.717, 1.165) is 58.0 Å². The Balaban J connectivity index is 1.20. The topological polar surface area (TPSA) is 140 Å². The van der Waals surface area contributed by atoms with Crippen LogP contribution in [0.4, 0.5) is 0 Å². The van der Waals surface area contributed by atoms with Crippen molar-refractivity contribution in [1.82, 2.24) is 4.90 Å². The average Bonchev–Trinajstić information content (AvgIpc) is 3.34. The molecule has 9 heteroatoms. The third-order valence-electron chi connectivity index (χ3n) is 14.0. The van der Waals surface area contributed by atoms with Crippen LogP contribution in [0.5, 0.6) is 0 Å². The molecule has 7 aliphatic rings. The van der Waals surface area contributed by atoms with Crippen LogP contribution < -0.4 is 0 Å². The lowest BCUT2D eigenvalue weighted by Crippen LogP contribution is -2.70. The molecule has 3 aliphatic heterocycles. The summed E-state index contributed by atoms with van der Waals surface area (Å²) in [5.41, 5.74) is -0.661. The van der Waals surface area contributed by atoms with Crippen LogP contribution in [0.25, 0.3) is 0 Å². The van der Waals surface area contributed by atoms with Crippen molar-refractivity contribution in [3.05, 3.63) is 0 Å². The summed E-state index contributed by atoms with van der Waals surface area (Å²) >= 11 is 0. The number of piperidine rings is 2. The summed E-state index contributed by atoms with van der Waals surface area (Å²) in [4.78, 5) is 16.1. The van der Waals surface area contributed by atoms with E-state index >= 15 is 0 Å². The van der Waals surface area contributed by atoms with E-state index in [0.29, 0.717) is 54.1 Å². The molecule has 0 aromatic heterocycles. The number of ether oxygens (including phenoxy) is 2. The lowest BCUT2D eigenvalue weighted by Gasteiger charge is -2.62. The van der Waals surface area contributed by atoms with Crippen molar-refractivity contribution in [2.24, 2.45) is 52.8 Å². The van der Waals surface area contributed by atoms with Crippen molar-refractivity contribution in [1.29, 1.82) is 0 Å². The third kappa shape index (κ3) is 4.43. The van der Waals surface area contributed by atoms with Gasteiger partial charge in [-0.05, 0) is 105 Å². The minimum Gasteiger partial charge on any atom is -0.394 e. The molecule has 9 nitrogen and oxygen atoms in total. The van der Waals surface area contributed by atoms with E-state index < -0.39 is 42.9 Å². The summed E-state index contributed by atoms with van der Waals surface area (Å²) in [6.45, 7) is 8.41. The molecule has 0 spiro atoms. The maximum absolute atomic E-state index is 13.5. The molecule has 0 amide bonds. The lowest BCUT2D eigenvalue weighted by atomic mass is 9.51. The normalized spacial score (nSPS) is 57.9. The van der Waals surface area contributed by atoms with Crippen LogP contribution in [0.15, 0.2) is 0 Å². The number of carbonyl (C=O) groups excluding carboxylic acids is 1. The Labute approximate surface area is 249 Å². The van der Waals surface area contributed by atoms with Crippen molar-refractivity contribution in [3.8, 4) is 0 Å². The molecule has 238 valence electrons. The lowest BCUT2D eigenvalue weighted by molar-refractivity contribution is -0.349. The first-order valence-electron chi connectivity index (χ1n) is 16.9. The van der Waals surface area contributed by atoms with Crippen LogP contribution in [-0.2, 0) is 14.3 Å². The molecule has 0 aromatic rings. The first-order valence-corrected chi connectivity index (χ1v) is 16.9. The Kier molecular flexibility index (Phi) is 7.66. The van der Waals surface area contributed by atoms with Gasteiger partial charge in [0.15, 0.2) is 6.29 Å². The Bertz CT molecular complexity index is 1040. The van der Waals surface area contributed by atoms with E-state index in [-0.39, 0.29) is 29.4 Å². The highest BCUT2D eigenvalue weighted by Gasteiger charge is 2.65. The molecule has 17 unspecified atom stereocenters. The zero-order valence-corrected chi connectivity index (χ0v) is 25.6. The first kappa shape index (κ1) is 30.0. The summed E-state index contributed by atoms with van der Waals surface area (Å²) in [5.74, 6) is 3.57. The summed E-state index contributed by atoms with van der Waals surface area (Å²) < 4.78 is 12.8. The molecule has 4 saturated carbocycles. The minimum absolute atomic E-state index is 0.0167. The molecule has 42 heavy (non-hydrogen) atoms. The molecule has 7 rings (SSSR count). The predicted molar refractivity (Wildman–Crippen MR) is 153 cm³/mol. The molecule has 3 saturated heterocycles. The van der Waals surface area contributed by atoms with Gasteiger partial charge in [-0.2, -0.15) is 0 Å². The fourth-order valence-corrected chi connectivity index (χ4v) is 11.9. The van der Waals surface area contributed by atoms with Gasteiger partial charge in [-0.3, -0.25) is 9.69 Å². The fraction of sp³-hybridized carbons (Fsp3) is 0.970. The van der Waals surface area contributed by atoms with E-state index in [4.69, 9.17) is 9.47 Å². The number of fused-ring (bicyclic) bond motifs is 8. The number of aliphatic hydroxyl groups excluding tert-OH is 5. The largest absolute Gasteiger partial charge is 0.394 e. The van der Waals surface area contributed by atoms with Crippen LogP contribution in [0.1, 0.15) is 78.6 Å². The van der Waals surface area contributed by atoms with Gasteiger partial charge in [0.2, 0.25) is 0 Å². The van der Waals surface area contributed by atoms with Gasteiger partial charge in [0.05, 0.1) is 18.3 Å². The third-order valence-corrected chi connectivity index (χ3v) is 14.0. The highest BCUT2D eigenvalue weighted by atomic mass is 16.7. The summed E-state index contributed by atoms with van der Waals surface area (Å²) in [5, 5.41) is 52.2. The smallest absolute Gasteiger partial charge is 0.187 e. The van der Waals surface area contributed by atoms with Crippen molar-refractivity contribution in [2.45, 2.75) is 127 Å². The molecule has 17 atom stereocenters. The van der Waals surface area contributed by atoms with Gasteiger partial charge in [0, 0.05) is 31.5 Å². The Morgan fingerprint density at radius 2 is 1.67 bits per heavy atom. The van der Waals surface area contributed by atoms with Crippen LogP contribution >= 0.6 is 0 Å². The monoisotopic (exact) mass is 591 g/mol. The summed E-state index contributed by atoms with van der Waals surface area (Å²) in [7, 11) is 0. The van der Waals surface area contributed by atoms with Gasteiger partial charge in [0.1, 0.15) is 30.2 Å².